The van der Waals surface area contributed by atoms with E-state index < -0.39 is 0 Å². The fourth-order valence-electron chi connectivity index (χ4n) is 2.87. The molecule has 4 rings (SSSR count). The first-order valence-corrected chi connectivity index (χ1v) is 8.29. The molecule has 2 aromatic heterocycles. The quantitative estimate of drug-likeness (QED) is 0.606. The van der Waals surface area contributed by atoms with Gasteiger partial charge in [-0.2, -0.15) is 4.98 Å². The van der Waals surface area contributed by atoms with Crippen LogP contribution in [-0.2, 0) is 0 Å². The maximum absolute atomic E-state index is 4.66. The molecule has 0 saturated carbocycles. The van der Waals surface area contributed by atoms with Crippen LogP contribution in [0.25, 0.3) is 16.9 Å². The van der Waals surface area contributed by atoms with Gasteiger partial charge >= 0.3 is 0 Å². The lowest BCUT2D eigenvalue weighted by molar-refractivity contribution is 0.854. The van der Waals surface area contributed by atoms with Gasteiger partial charge in [0.05, 0.1) is 17.1 Å². The predicted octanol–water partition coefficient (Wildman–Crippen LogP) is 4.30. The van der Waals surface area contributed by atoms with Crippen molar-refractivity contribution in [1.82, 2.24) is 19.5 Å². The molecule has 4 aromatic rings. The Hall–Kier alpha value is -3.21. The molecule has 0 bridgehead atoms. The first kappa shape index (κ1) is 15.3. The number of benzene rings is 2. The largest absolute Gasteiger partial charge is 0.348 e. The van der Waals surface area contributed by atoms with Crippen molar-refractivity contribution in [3.63, 3.8) is 0 Å². The zero-order chi connectivity index (χ0) is 17.2. The Labute approximate surface area is 146 Å². The normalized spacial score (nSPS) is 12.2. The molecule has 1 atom stereocenters. The van der Waals surface area contributed by atoms with Crippen molar-refractivity contribution in [3.05, 3.63) is 78.2 Å². The fraction of sp³-hybridized carbons (Fsp3) is 0.150. The van der Waals surface area contributed by atoms with Gasteiger partial charge < -0.3 is 5.32 Å². The number of nitrogens with zero attached hydrogens (tertiary/aromatic N) is 4. The second-order valence-corrected chi connectivity index (χ2v) is 6.12. The van der Waals surface area contributed by atoms with E-state index in [2.05, 4.69) is 58.4 Å². The van der Waals surface area contributed by atoms with Crippen molar-refractivity contribution in [1.29, 1.82) is 0 Å². The van der Waals surface area contributed by atoms with E-state index >= 15 is 0 Å². The Morgan fingerprint density at radius 2 is 1.84 bits per heavy atom. The van der Waals surface area contributed by atoms with Crippen molar-refractivity contribution >= 4 is 17.0 Å². The third-order valence-corrected chi connectivity index (χ3v) is 4.24. The van der Waals surface area contributed by atoms with Gasteiger partial charge in [0, 0.05) is 6.20 Å². The monoisotopic (exact) mass is 329 g/mol. The third kappa shape index (κ3) is 3.08. The maximum atomic E-state index is 4.66. The van der Waals surface area contributed by atoms with Gasteiger partial charge in [0.1, 0.15) is 12.1 Å². The minimum Gasteiger partial charge on any atom is -0.348 e. The summed E-state index contributed by atoms with van der Waals surface area (Å²) in [6, 6.07) is 18.5. The van der Waals surface area contributed by atoms with Gasteiger partial charge in [0.15, 0.2) is 0 Å². The van der Waals surface area contributed by atoms with Crippen molar-refractivity contribution in [2.75, 3.05) is 5.32 Å². The number of rotatable bonds is 4. The van der Waals surface area contributed by atoms with E-state index in [4.69, 9.17) is 0 Å². The number of fused-ring (bicyclic) bond motifs is 1. The number of aryl methyl sites for hydroxylation is 1. The lowest BCUT2D eigenvalue weighted by Gasteiger charge is -2.14. The van der Waals surface area contributed by atoms with Crippen LogP contribution >= 0.6 is 0 Å². The van der Waals surface area contributed by atoms with Gasteiger partial charge in [-0.25, -0.2) is 9.97 Å². The molecule has 2 aromatic carbocycles. The van der Waals surface area contributed by atoms with E-state index in [1.165, 1.54) is 11.1 Å². The zero-order valence-electron chi connectivity index (χ0n) is 14.2. The Kier molecular flexibility index (Phi) is 3.90. The van der Waals surface area contributed by atoms with Gasteiger partial charge in [0.2, 0.25) is 5.95 Å². The van der Waals surface area contributed by atoms with E-state index in [1.54, 1.807) is 12.5 Å². The van der Waals surface area contributed by atoms with Crippen molar-refractivity contribution in [2.24, 2.45) is 0 Å². The Balaban J connectivity index is 1.66. The molecule has 2 heterocycles. The highest BCUT2D eigenvalue weighted by molar-refractivity contribution is 5.77. The summed E-state index contributed by atoms with van der Waals surface area (Å²) in [7, 11) is 0. The summed E-state index contributed by atoms with van der Waals surface area (Å²) in [5, 5.41) is 3.36. The lowest BCUT2D eigenvalue weighted by Crippen LogP contribution is -2.10. The molecule has 0 aliphatic rings. The summed E-state index contributed by atoms with van der Waals surface area (Å²) in [6.07, 6.45) is 3.57. The van der Waals surface area contributed by atoms with Gasteiger partial charge in [-0.3, -0.25) is 4.57 Å². The van der Waals surface area contributed by atoms with E-state index in [0.29, 0.717) is 5.95 Å². The summed E-state index contributed by atoms with van der Waals surface area (Å²) < 4.78 is 1.99. The summed E-state index contributed by atoms with van der Waals surface area (Å²) in [5.41, 5.74) is 4.39. The van der Waals surface area contributed by atoms with Crippen LogP contribution in [0.5, 0.6) is 0 Å². The van der Waals surface area contributed by atoms with Gasteiger partial charge in [-0.05, 0) is 43.2 Å². The minimum atomic E-state index is 0.123. The molecule has 0 aliphatic carbocycles. The molecule has 0 unspecified atom stereocenters. The fourth-order valence-corrected chi connectivity index (χ4v) is 2.87. The first-order valence-electron chi connectivity index (χ1n) is 8.29. The number of hydrogen-bond acceptors (Lipinski definition) is 4. The standard InChI is InChI=1S/C20H19N5/c1-14-8-9-17-18(12-14)25(13-22-17)19-10-11-21-20(24-19)23-15(2)16-6-4-3-5-7-16/h3-13,15H,1-2H3,(H,21,23,24)/t15-/m0/s1. The summed E-state index contributed by atoms with van der Waals surface area (Å²) in [5.74, 6) is 1.40. The minimum absolute atomic E-state index is 0.123. The van der Waals surface area contributed by atoms with Crippen LogP contribution in [0.15, 0.2) is 67.1 Å². The highest BCUT2D eigenvalue weighted by Crippen LogP contribution is 2.20. The smallest absolute Gasteiger partial charge is 0.225 e. The van der Waals surface area contributed by atoms with E-state index in [9.17, 15) is 0 Å². The van der Waals surface area contributed by atoms with Crippen molar-refractivity contribution < 1.29 is 0 Å². The topological polar surface area (TPSA) is 55.6 Å². The second kappa shape index (κ2) is 6.36. The van der Waals surface area contributed by atoms with Crippen molar-refractivity contribution in [2.45, 2.75) is 19.9 Å². The number of anilines is 1. The lowest BCUT2D eigenvalue weighted by atomic mass is 10.1. The highest BCUT2D eigenvalue weighted by atomic mass is 15.2. The second-order valence-electron chi connectivity index (χ2n) is 6.12. The molecule has 0 amide bonds. The number of hydrogen-bond donors (Lipinski definition) is 1. The van der Waals surface area contributed by atoms with E-state index in [-0.39, 0.29) is 6.04 Å². The molecular weight excluding hydrogens is 310 g/mol. The van der Waals surface area contributed by atoms with Gasteiger partial charge in [-0.15, -0.1) is 0 Å². The van der Waals surface area contributed by atoms with Crippen LogP contribution in [0, 0.1) is 6.92 Å². The molecule has 1 N–H and O–H groups in total. The molecule has 5 nitrogen and oxygen atoms in total. The molecule has 0 radical (unpaired) electrons. The number of nitrogens with one attached hydrogen (secondary N) is 1. The summed E-state index contributed by atoms with van der Waals surface area (Å²) >= 11 is 0. The SMILES string of the molecule is Cc1ccc2ncn(-c3ccnc(N[C@@H](C)c4ccccc4)n3)c2c1. The zero-order valence-corrected chi connectivity index (χ0v) is 14.2. The maximum Gasteiger partial charge on any atom is 0.225 e. The number of aromatic nitrogens is 4. The predicted molar refractivity (Wildman–Crippen MR) is 99.9 cm³/mol. The van der Waals surface area contributed by atoms with Crippen LogP contribution in [0.1, 0.15) is 24.1 Å². The van der Waals surface area contributed by atoms with Crippen LogP contribution < -0.4 is 5.32 Å². The highest BCUT2D eigenvalue weighted by Gasteiger charge is 2.10. The average Bonchev–Trinajstić information content (AvgIpc) is 3.05. The van der Waals surface area contributed by atoms with Gasteiger partial charge in [-0.1, -0.05) is 36.4 Å². The third-order valence-electron chi connectivity index (χ3n) is 4.24. The molecule has 0 spiro atoms. The summed E-state index contributed by atoms with van der Waals surface area (Å²) in [4.78, 5) is 13.5. The first-order chi connectivity index (χ1) is 12.2. The summed E-state index contributed by atoms with van der Waals surface area (Å²) in [6.45, 7) is 4.17. The molecular formula is C20H19N5. The Bertz CT molecular complexity index is 1010. The average molecular weight is 329 g/mol. The van der Waals surface area contributed by atoms with Crippen LogP contribution in [-0.4, -0.2) is 19.5 Å². The molecule has 0 fully saturated rings. The van der Waals surface area contributed by atoms with E-state index in [0.717, 1.165) is 16.9 Å². The van der Waals surface area contributed by atoms with Crippen LogP contribution in [0.4, 0.5) is 5.95 Å². The van der Waals surface area contributed by atoms with E-state index in [1.807, 2.05) is 34.9 Å². The van der Waals surface area contributed by atoms with Crippen LogP contribution in [0.2, 0.25) is 0 Å². The van der Waals surface area contributed by atoms with Crippen LogP contribution in [0.3, 0.4) is 0 Å². The molecule has 124 valence electrons. The molecule has 25 heavy (non-hydrogen) atoms. The molecule has 5 heteroatoms. The Morgan fingerprint density at radius 1 is 1.00 bits per heavy atom. The van der Waals surface area contributed by atoms with Crippen molar-refractivity contribution in [3.8, 4) is 5.82 Å². The van der Waals surface area contributed by atoms with Gasteiger partial charge in [0.25, 0.3) is 0 Å². The number of imidazole rings is 1. The molecule has 0 saturated heterocycles. The Morgan fingerprint density at radius 3 is 2.68 bits per heavy atom. The molecule has 0 aliphatic heterocycles.